The molecule has 1 fully saturated rings. The predicted molar refractivity (Wildman–Crippen MR) is 85.3 cm³/mol. The van der Waals surface area contributed by atoms with E-state index < -0.39 is 0 Å². The zero-order chi connectivity index (χ0) is 14.8. The summed E-state index contributed by atoms with van der Waals surface area (Å²) in [5.74, 6) is 2.29. The monoisotopic (exact) mass is 287 g/mol. The number of benzene rings is 1. The predicted octanol–water partition coefficient (Wildman–Crippen LogP) is 2.82. The molecule has 1 aliphatic rings. The van der Waals surface area contributed by atoms with Crippen molar-refractivity contribution < 1.29 is 9.47 Å². The maximum atomic E-state index is 6.17. The molecule has 5 nitrogen and oxygen atoms in total. The number of aromatic nitrogens is 1. The number of rotatable bonds is 3. The molecule has 1 saturated heterocycles. The first-order valence-corrected chi connectivity index (χ1v) is 7.30. The summed E-state index contributed by atoms with van der Waals surface area (Å²) in [4.78, 5) is 6.90. The number of methoxy groups -OCH3 is 2. The van der Waals surface area contributed by atoms with E-state index in [4.69, 9.17) is 15.2 Å². The summed E-state index contributed by atoms with van der Waals surface area (Å²) in [6.07, 6.45) is 5.48. The van der Waals surface area contributed by atoms with Crippen LogP contribution in [0.25, 0.3) is 10.8 Å². The number of nitrogen functional groups attached to an aromatic ring is 1. The lowest BCUT2D eigenvalue weighted by Crippen LogP contribution is -2.30. The van der Waals surface area contributed by atoms with Crippen LogP contribution in [0.1, 0.15) is 19.3 Å². The second-order valence-electron chi connectivity index (χ2n) is 5.31. The van der Waals surface area contributed by atoms with Gasteiger partial charge in [-0.25, -0.2) is 4.98 Å². The number of hydrogen-bond acceptors (Lipinski definition) is 5. The molecule has 1 aromatic carbocycles. The average molecular weight is 287 g/mol. The smallest absolute Gasteiger partial charge is 0.172 e. The molecule has 0 aliphatic carbocycles. The Hall–Kier alpha value is -2.17. The molecule has 0 amide bonds. The van der Waals surface area contributed by atoms with Gasteiger partial charge in [0.25, 0.3) is 0 Å². The molecule has 2 N–H and O–H groups in total. The highest BCUT2D eigenvalue weighted by Crippen LogP contribution is 2.43. The Kier molecular flexibility index (Phi) is 3.73. The summed E-state index contributed by atoms with van der Waals surface area (Å²) in [7, 11) is 3.28. The molecule has 0 saturated carbocycles. The van der Waals surface area contributed by atoms with Gasteiger partial charge in [0.15, 0.2) is 11.5 Å². The van der Waals surface area contributed by atoms with Gasteiger partial charge in [-0.3, -0.25) is 0 Å². The van der Waals surface area contributed by atoms with Gasteiger partial charge in [0.2, 0.25) is 0 Å². The molecular formula is C16H21N3O2. The van der Waals surface area contributed by atoms with Gasteiger partial charge >= 0.3 is 0 Å². The lowest BCUT2D eigenvalue weighted by atomic mass is 10.1. The van der Waals surface area contributed by atoms with E-state index >= 15 is 0 Å². The molecule has 112 valence electrons. The van der Waals surface area contributed by atoms with Gasteiger partial charge in [-0.2, -0.15) is 0 Å². The maximum Gasteiger partial charge on any atom is 0.172 e. The summed E-state index contributed by atoms with van der Waals surface area (Å²) in [5, 5.41) is 1.90. The van der Waals surface area contributed by atoms with Crippen molar-refractivity contribution in [1.29, 1.82) is 0 Å². The van der Waals surface area contributed by atoms with Crippen molar-refractivity contribution >= 4 is 22.3 Å². The lowest BCUT2D eigenvalue weighted by Gasteiger charge is -2.29. The highest BCUT2D eigenvalue weighted by Gasteiger charge is 2.21. The van der Waals surface area contributed by atoms with Crippen LogP contribution in [-0.4, -0.2) is 32.3 Å². The van der Waals surface area contributed by atoms with Crippen molar-refractivity contribution in [3.63, 3.8) is 0 Å². The highest BCUT2D eigenvalue weighted by molar-refractivity contribution is 6.05. The van der Waals surface area contributed by atoms with Crippen molar-refractivity contribution in [2.24, 2.45) is 0 Å². The molecule has 0 radical (unpaired) electrons. The van der Waals surface area contributed by atoms with E-state index in [0.717, 1.165) is 29.7 Å². The Morgan fingerprint density at radius 1 is 1.14 bits per heavy atom. The third-order valence-corrected chi connectivity index (χ3v) is 4.06. The van der Waals surface area contributed by atoms with Crippen molar-refractivity contribution in [3.8, 4) is 11.5 Å². The second-order valence-corrected chi connectivity index (χ2v) is 5.31. The molecule has 21 heavy (non-hydrogen) atoms. The number of anilines is 2. The number of fused-ring (bicyclic) bond motifs is 1. The third kappa shape index (κ3) is 2.33. The van der Waals surface area contributed by atoms with Gasteiger partial charge in [0, 0.05) is 36.4 Å². The fourth-order valence-corrected chi connectivity index (χ4v) is 3.02. The summed E-state index contributed by atoms with van der Waals surface area (Å²) in [6.45, 7) is 2.04. The van der Waals surface area contributed by atoms with E-state index in [2.05, 4.69) is 9.88 Å². The first-order valence-electron chi connectivity index (χ1n) is 7.30. The maximum absolute atomic E-state index is 6.17. The van der Waals surface area contributed by atoms with Crippen LogP contribution < -0.4 is 20.1 Å². The van der Waals surface area contributed by atoms with Gasteiger partial charge in [-0.15, -0.1) is 0 Å². The standard InChI is InChI=1S/C16H21N3O2/c1-20-13-10-12(17)11-6-7-18-16(14(11)15(13)21-2)19-8-4-3-5-9-19/h6-7,10H,3-5,8-9,17H2,1-2H3. The molecule has 2 heterocycles. The van der Waals surface area contributed by atoms with Gasteiger partial charge in [0.05, 0.1) is 19.6 Å². The van der Waals surface area contributed by atoms with Crippen LogP contribution in [0.5, 0.6) is 11.5 Å². The van der Waals surface area contributed by atoms with Crippen LogP contribution in [0.2, 0.25) is 0 Å². The van der Waals surface area contributed by atoms with Crippen LogP contribution in [0.3, 0.4) is 0 Å². The molecule has 2 aromatic rings. The molecule has 0 bridgehead atoms. The molecule has 5 heteroatoms. The first kappa shape index (κ1) is 13.8. The summed E-state index contributed by atoms with van der Waals surface area (Å²) >= 11 is 0. The second kappa shape index (κ2) is 5.68. The number of pyridine rings is 1. The van der Waals surface area contributed by atoms with E-state index in [9.17, 15) is 0 Å². The SMILES string of the molecule is COc1cc(N)c2ccnc(N3CCCCC3)c2c1OC. The van der Waals surface area contributed by atoms with Crippen LogP contribution in [-0.2, 0) is 0 Å². The van der Waals surface area contributed by atoms with E-state index in [0.29, 0.717) is 17.2 Å². The minimum Gasteiger partial charge on any atom is -0.493 e. The normalized spacial score (nSPS) is 15.2. The van der Waals surface area contributed by atoms with Gasteiger partial charge in [-0.05, 0) is 25.3 Å². The number of hydrogen-bond donors (Lipinski definition) is 1. The Morgan fingerprint density at radius 3 is 2.57 bits per heavy atom. The van der Waals surface area contributed by atoms with Crippen molar-refractivity contribution in [3.05, 3.63) is 18.3 Å². The lowest BCUT2D eigenvalue weighted by molar-refractivity contribution is 0.358. The van der Waals surface area contributed by atoms with Crippen LogP contribution in [0, 0.1) is 0 Å². The largest absolute Gasteiger partial charge is 0.493 e. The van der Waals surface area contributed by atoms with E-state index in [-0.39, 0.29) is 0 Å². The fraction of sp³-hybridized carbons (Fsp3) is 0.438. The third-order valence-electron chi connectivity index (χ3n) is 4.06. The van der Waals surface area contributed by atoms with E-state index in [1.54, 1.807) is 20.3 Å². The van der Waals surface area contributed by atoms with Crippen molar-refractivity contribution in [2.45, 2.75) is 19.3 Å². The van der Waals surface area contributed by atoms with Crippen molar-refractivity contribution in [1.82, 2.24) is 4.98 Å². The van der Waals surface area contributed by atoms with E-state index in [1.807, 2.05) is 12.3 Å². The number of ether oxygens (including phenoxy) is 2. The quantitative estimate of drug-likeness (QED) is 0.880. The summed E-state index contributed by atoms with van der Waals surface area (Å²) < 4.78 is 11.0. The minimum absolute atomic E-state index is 0.647. The Bertz CT molecular complexity index is 652. The zero-order valence-electron chi connectivity index (χ0n) is 12.6. The van der Waals surface area contributed by atoms with Crippen LogP contribution in [0.15, 0.2) is 18.3 Å². The Balaban J connectivity index is 2.26. The van der Waals surface area contributed by atoms with Crippen LogP contribution >= 0.6 is 0 Å². The van der Waals surface area contributed by atoms with Crippen LogP contribution in [0.4, 0.5) is 11.5 Å². The summed E-state index contributed by atoms with van der Waals surface area (Å²) in [6, 6.07) is 3.74. The molecule has 3 rings (SSSR count). The average Bonchev–Trinajstić information content (AvgIpc) is 2.55. The highest BCUT2D eigenvalue weighted by atomic mass is 16.5. The summed E-state index contributed by atoms with van der Waals surface area (Å²) in [5.41, 5.74) is 6.86. The minimum atomic E-state index is 0.647. The topological polar surface area (TPSA) is 60.6 Å². The molecule has 0 spiro atoms. The molecule has 1 aromatic heterocycles. The van der Waals surface area contributed by atoms with Gasteiger partial charge < -0.3 is 20.1 Å². The molecule has 0 atom stereocenters. The molecule has 1 aliphatic heterocycles. The van der Waals surface area contributed by atoms with Gasteiger partial charge in [-0.1, -0.05) is 0 Å². The zero-order valence-corrected chi connectivity index (χ0v) is 12.6. The number of nitrogens with zero attached hydrogens (tertiary/aromatic N) is 2. The Morgan fingerprint density at radius 2 is 1.90 bits per heavy atom. The van der Waals surface area contributed by atoms with Gasteiger partial charge in [0.1, 0.15) is 5.82 Å². The Labute approximate surface area is 124 Å². The first-order chi connectivity index (χ1) is 10.3. The van der Waals surface area contributed by atoms with E-state index in [1.165, 1.54) is 19.3 Å². The fourth-order valence-electron chi connectivity index (χ4n) is 3.02. The molecule has 0 unspecified atom stereocenters. The molecular weight excluding hydrogens is 266 g/mol. The van der Waals surface area contributed by atoms with Crippen molar-refractivity contribution in [2.75, 3.05) is 37.9 Å². The number of nitrogens with two attached hydrogens (primary N) is 1. The number of piperidine rings is 1.